The minimum absolute atomic E-state index is 0.137. The molecule has 1 aliphatic rings. The van der Waals surface area contributed by atoms with Gasteiger partial charge in [0.15, 0.2) is 5.82 Å². The average Bonchev–Trinajstić information content (AvgIpc) is 3.24. The molecule has 1 aliphatic heterocycles. The molecular formula is C20H21ClN6O. The molecule has 7 nitrogen and oxygen atoms in total. The Balaban J connectivity index is 1.40. The van der Waals surface area contributed by atoms with Crippen molar-refractivity contribution in [3.63, 3.8) is 0 Å². The first-order valence-electron chi connectivity index (χ1n) is 9.21. The minimum Gasteiger partial charge on any atom is -0.353 e. The summed E-state index contributed by atoms with van der Waals surface area (Å²) in [6, 6.07) is 11.2. The van der Waals surface area contributed by atoms with Gasteiger partial charge in [0, 0.05) is 49.7 Å². The van der Waals surface area contributed by atoms with E-state index in [1.807, 2.05) is 54.4 Å². The maximum Gasteiger partial charge on any atom is 0.227 e. The molecule has 0 spiro atoms. The highest BCUT2D eigenvalue weighted by Gasteiger charge is 2.22. The molecular weight excluding hydrogens is 376 g/mol. The lowest BCUT2D eigenvalue weighted by Crippen LogP contribution is -2.49. The summed E-state index contributed by atoms with van der Waals surface area (Å²) in [6.07, 6.45) is 3.98. The summed E-state index contributed by atoms with van der Waals surface area (Å²) in [6.45, 7) is 4.70. The third-order valence-electron chi connectivity index (χ3n) is 4.78. The molecule has 0 atom stereocenters. The third kappa shape index (κ3) is 4.14. The third-order valence-corrected chi connectivity index (χ3v) is 5.03. The highest BCUT2D eigenvalue weighted by Crippen LogP contribution is 2.18. The van der Waals surface area contributed by atoms with Crippen LogP contribution in [0, 0.1) is 6.92 Å². The van der Waals surface area contributed by atoms with E-state index in [0.717, 1.165) is 30.3 Å². The second kappa shape index (κ2) is 7.98. The van der Waals surface area contributed by atoms with Crippen LogP contribution in [0.1, 0.15) is 11.4 Å². The molecule has 0 radical (unpaired) electrons. The molecule has 0 bridgehead atoms. The Bertz CT molecular complexity index is 949. The summed E-state index contributed by atoms with van der Waals surface area (Å²) in [5.74, 6) is 2.44. The Hall–Kier alpha value is -2.93. The number of aromatic nitrogens is 4. The van der Waals surface area contributed by atoms with Crippen LogP contribution in [-0.4, -0.2) is 56.7 Å². The van der Waals surface area contributed by atoms with Gasteiger partial charge in [-0.25, -0.2) is 14.6 Å². The molecule has 3 aromatic rings. The van der Waals surface area contributed by atoms with Crippen LogP contribution in [-0.2, 0) is 11.2 Å². The van der Waals surface area contributed by atoms with Crippen molar-refractivity contribution in [1.82, 2.24) is 24.6 Å². The number of rotatable bonds is 4. The summed E-state index contributed by atoms with van der Waals surface area (Å²) in [7, 11) is 0. The van der Waals surface area contributed by atoms with Crippen LogP contribution in [0.2, 0.25) is 5.02 Å². The highest BCUT2D eigenvalue weighted by molar-refractivity contribution is 6.30. The predicted molar refractivity (Wildman–Crippen MR) is 108 cm³/mol. The molecule has 1 saturated heterocycles. The van der Waals surface area contributed by atoms with Gasteiger partial charge in [-0.1, -0.05) is 23.7 Å². The standard InChI is InChI=1S/C20H21ClN6O/c1-15-23-18(14-19(24-15)27-8-2-7-22-27)25-9-11-26(12-10-25)20(28)13-16-3-5-17(21)6-4-16/h2-8,14H,9-13H2,1H3. The molecule has 1 aromatic carbocycles. The fourth-order valence-corrected chi connectivity index (χ4v) is 3.42. The van der Waals surface area contributed by atoms with Crippen molar-refractivity contribution in [1.29, 1.82) is 0 Å². The molecule has 1 amide bonds. The van der Waals surface area contributed by atoms with Gasteiger partial charge in [0.05, 0.1) is 6.42 Å². The van der Waals surface area contributed by atoms with Gasteiger partial charge in [0.1, 0.15) is 11.6 Å². The van der Waals surface area contributed by atoms with Gasteiger partial charge in [0.25, 0.3) is 0 Å². The van der Waals surface area contributed by atoms with Crippen LogP contribution < -0.4 is 4.90 Å². The number of nitrogens with zero attached hydrogens (tertiary/aromatic N) is 6. The number of amides is 1. The van der Waals surface area contributed by atoms with Gasteiger partial charge >= 0.3 is 0 Å². The number of piperazine rings is 1. The van der Waals surface area contributed by atoms with Crippen molar-refractivity contribution >= 4 is 23.3 Å². The van der Waals surface area contributed by atoms with Crippen molar-refractivity contribution in [3.8, 4) is 5.82 Å². The van der Waals surface area contributed by atoms with Crippen LogP contribution in [0.15, 0.2) is 48.8 Å². The van der Waals surface area contributed by atoms with Crippen LogP contribution in [0.3, 0.4) is 0 Å². The number of hydrogen-bond acceptors (Lipinski definition) is 5. The Morgan fingerprint density at radius 1 is 1.07 bits per heavy atom. The van der Waals surface area contributed by atoms with Gasteiger partial charge in [0.2, 0.25) is 5.91 Å². The van der Waals surface area contributed by atoms with E-state index in [4.69, 9.17) is 11.6 Å². The molecule has 0 N–H and O–H groups in total. The van der Waals surface area contributed by atoms with Crippen LogP contribution >= 0.6 is 11.6 Å². The second-order valence-corrected chi connectivity index (χ2v) is 7.19. The lowest BCUT2D eigenvalue weighted by molar-refractivity contribution is -0.130. The molecule has 28 heavy (non-hydrogen) atoms. The number of halogens is 1. The highest BCUT2D eigenvalue weighted by atomic mass is 35.5. The van der Waals surface area contributed by atoms with E-state index in [1.165, 1.54) is 0 Å². The van der Waals surface area contributed by atoms with Gasteiger partial charge in [-0.15, -0.1) is 0 Å². The van der Waals surface area contributed by atoms with Crippen molar-refractivity contribution in [2.75, 3.05) is 31.1 Å². The minimum atomic E-state index is 0.137. The van der Waals surface area contributed by atoms with E-state index >= 15 is 0 Å². The zero-order chi connectivity index (χ0) is 19.5. The number of carbonyl (C=O) groups is 1. The summed E-state index contributed by atoms with van der Waals surface area (Å²) in [5.41, 5.74) is 0.979. The van der Waals surface area contributed by atoms with E-state index in [1.54, 1.807) is 10.9 Å². The molecule has 0 saturated carbocycles. The Labute approximate surface area is 168 Å². The maximum atomic E-state index is 12.6. The van der Waals surface area contributed by atoms with Crippen molar-refractivity contribution in [2.45, 2.75) is 13.3 Å². The summed E-state index contributed by atoms with van der Waals surface area (Å²) < 4.78 is 1.73. The van der Waals surface area contributed by atoms with Crippen molar-refractivity contribution in [2.24, 2.45) is 0 Å². The van der Waals surface area contributed by atoms with Crippen molar-refractivity contribution in [3.05, 3.63) is 65.2 Å². The lowest BCUT2D eigenvalue weighted by Gasteiger charge is -2.35. The zero-order valence-electron chi connectivity index (χ0n) is 15.6. The van der Waals surface area contributed by atoms with E-state index < -0.39 is 0 Å². The first-order valence-corrected chi connectivity index (χ1v) is 9.59. The predicted octanol–water partition coefficient (Wildman–Crippen LogP) is 2.52. The van der Waals surface area contributed by atoms with Gasteiger partial charge < -0.3 is 9.80 Å². The Morgan fingerprint density at radius 3 is 2.46 bits per heavy atom. The number of carbonyl (C=O) groups excluding carboxylic acids is 1. The quantitative estimate of drug-likeness (QED) is 0.677. The molecule has 2 aromatic heterocycles. The monoisotopic (exact) mass is 396 g/mol. The molecule has 0 unspecified atom stereocenters. The SMILES string of the molecule is Cc1nc(N2CCN(C(=O)Cc3ccc(Cl)cc3)CC2)cc(-n2cccn2)n1. The van der Waals surface area contributed by atoms with Gasteiger partial charge in [-0.3, -0.25) is 4.79 Å². The Morgan fingerprint density at radius 2 is 1.79 bits per heavy atom. The first kappa shape index (κ1) is 18.4. The number of aryl methyl sites for hydroxylation is 1. The molecule has 3 heterocycles. The number of anilines is 1. The van der Waals surface area contributed by atoms with E-state index in [9.17, 15) is 4.79 Å². The maximum absolute atomic E-state index is 12.6. The zero-order valence-corrected chi connectivity index (χ0v) is 16.4. The van der Waals surface area contributed by atoms with Gasteiger partial charge in [-0.05, 0) is 30.7 Å². The average molecular weight is 397 g/mol. The second-order valence-electron chi connectivity index (χ2n) is 6.75. The number of hydrogen-bond donors (Lipinski definition) is 0. The van der Waals surface area contributed by atoms with Crippen LogP contribution in [0.4, 0.5) is 5.82 Å². The fourth-order valence-electron chi connectivity index (χ4n) is 3.29. The first-order chi connectivity index (χ1) is 13.6. The van der Waals surface area contributed by atoms with E-state index in [2.05, 4.69) is 20.0 Å². The van der Waals surface area contributed by atoms with E-state index in [0.29, 0.717) is 30.4 Å². The Kier molecular flexibility index (Phi) is 5.25. The molecule has 144 valence electrons. The van der Waals surface area contributed by atoms with Crippen molar-refractivity contribution < 1.29 is 4.79 Å². The summed E-state index contributed by atoms with van der Waals surface area (Å²) in [4.78, 5) is 25.7. The topological polar surface area (TPSA) is 67.2 Å². The van der Waals surface area contributed by atoms with Crippen LogP contribution in [0.5, 0.6) is 0 Å². The summed E-state index contributed by atoms with van der Waals surface area (Å²) in [5, 5.41) is 4.92. The molecule has 0 aliphatic carbocycles. The van der Waals surface area contributed by atoms with E-state index in [-0.39, 0.29) is 5.91 Å². The summed E-state index contributed by atoms with van der Waals surface area (Å²) >= 11 is 5.91. The molecule has 1 fully saturated rings. The molecule has 4 rings (SSSR count). The fraction of sp³-hybridized carbons (Fsp3) is 0.300. The lowest BCUT2D eigenvalue weighted by atomic mass is 10.1. The molecule has 8 heteroatoms. The normalized spacial score (nSPS) is 14.4. The number of benzene rings is 1. The smallest absolute Gasteiger partial charge is 0.227 e. The van der Waals surface area contributed by atoms with Crippen LogP contribution in [0.25, 0.3) is 5.82 Å². The van der Waals surface area contributed by atoms with Gasteiger partial charge in [-0.2, -0.15) is 5.10 Å². The largest absolute Gasteiger partial charge is 0.353 e.